The number of fused-ring (bicyclic) bond motifs is 1. The van der Waals surface area contributed by atoms with E-state index in [0.717, 1.165) is 61.5 Å². The highest BCUT2D eigenvalue weighted by Gasteiger charge is 2.35. The molecule has 3 atom stereocenters. The first kappa shape index (κ1) is 33.3. The van der Waals surface area contributed by atoms with Crippen LogP contribution in [0.3, 0.4) is 0 Å². The second-order valence-electron chi connectivity index (χ2n) is 14.5. The van der Waals surface area contributed by atoms with Gasteiger partial charge >= 0.3 is 0 Å². The van der Waals surface area contributed by atoms with Crippen molar-refractivity contribution in [1.29, 1.82) is 0 Å². The summed E-state index contributed by atoms with van der Waals surface area (Å²) < 4.78 is 0. The molecule has 2 aromatic carbocycles. The van der Waals surface area contributed by atoms with E-state index in [2.05, 4.69) is 71.9 Å². The van der Waals surface area contributed by atoms with Crippen LogP contribution in [0.25, 0.3) is 11.1 Å². The van der Waals surface area contributed by atoms with Crippen molar-refractivity contribution in [1.82, 2.24) is 0 Å². The number of hydrogen-bond acceptors (Lipinski definition) is 3. The largest absolute Gasteiger partial charge is 0.300 e. The Hall–Kier alpha value is -2.55. The van der Waals surface area contributed by atoms with Crippen molar-refractivity contribution < 1.29 is 14.4 Å². The number of carbonyl (C=O) groups is 3. The van der Waals surface area contributed by atoms with E-state index in [0.29, 0.717) is 12.3 Å². The molecular weight excluding hydrogens is 528 g/mol. The lowest BCUT2D eigenvalue weighted by Gasteiger charge is -2.33. The van der Waals surface area contributed by atoms with Crippen LogP contribution < -0.4 is 0 Å². The molecule has 0 saturated heterocycles. The van der Waals surface area contributed by atoms with Gasteiger partial charge in [0.25, 0.3) is 0 Å². The molecule has 3 heteroatoms. The fourth-order valence-electron chi connectivity index (χ4n) is 8.38. The SMILES string of the molecule is CCCC(CC1CC(=O)c2c(C)c(-c3cccc(CC4CCC(C)CC4)c3)cc(C(C)C)c2C1)C(CC)C(=O)CC(C)=O. The van der Waals surface area contributed by atoms with Gasteiger partial charge in [0.05, 0.1) is 6.42 Å². The summed E-state index contributed by atoms with van der Waals surface area (Å²) in [6.45, 7) is 14.8. The first-order valence-corrected chi connectivity index (χ1v) is 17.3. The maximum absolute atomic E-state index is 14.0. The van der Waals surface area contributed by atoms with E-state index in [1.807, 2.05) is 0 Å². The van der Waals surface area contributed by atoms with E-state index < -0.39 is 0 Å². The van der Waals surface area contributed by atoms with Crippen LogP contribution in [0.15, 0.2) is 30.3 Å². The van der Waals surface area contributed by atoms with Gasteiger partial charge < -0.3 is 0 Å². The summed E-state index contributed by atoms with van der Waals surface area (Å²) in [6.07, 6.45) is 11.6. The van der Waals surface area contributed by atoms with Gasteiger partial charge in [0.2, 0.25) is 0 Å². The molecule has 0 N–H and O–H groups in total. The molecule has 0 bridgehead atoms. The molecule has 0 heterocycles. The van der Waals surface area contributed by atoms with Crippen molar-refractivity contribution in [2.45, 2.75) is 131 Å². The fourth-order valence-corrected chi connectivity index (χ4v) is 8.38. The number of rotatable bonds is 13. The van der Waals surface area contributed by atoms with Crippen LogP contribution >= 0.6 is 0 Å². The van der Waals surface area contributed by atoms with Crippen LogP contribution in [-0.2, 0) is 22.4 Å². The molecule has 0 radical (unpaired) electrons. The molecule has 4 rings (SSSR count). The Morgan fingerprint density at radius 2 is 1.70 bits per heavy atom. The first-order valence-electron chi connectivity index (χ1n) is 17.3. The van der Waals surface area contributed by atoms with Crippen LogP contribution in [0.2, 0.25) is 0 Å². The zero-order chi connectivity index (χ0) is 31.3. The van der Waals surface area contributed by atoms with E-state index in [1.165, 1.54) is 60.4 Å². The maximum atomic E-state index is 14.0. The molecule has 1 saturated carbocycles. The molecule has 43 heavy (non-hydrogen) atoms. The van der Waals surface area contributed by atoms with Crippen LogP contribution in [0.4, 0.5) is 0 Å². The summed E-state index contributed by atoms with van der Waals surface area (Å²) in [5.41, 5.74) is 8.47. The Balaban J connectivity index is 1.62. The Kier molecular flexibility index (Phi) is 11.6. The molecule has 2 aromatic rings. The van der Waals surface area contributed by atoms with Gasteiger partial charge in [0.1, 0.15) is 11.6 Å². The number of ketones is 3. The van der Waals surface area contributed by atoms with E-state index in [9.17, 15) is 14.4 Å². The minimum absolute atomic E-state index is 0.0334. The van der Waals surface area contributed by atoms with Gasteiger partial charge in [-0.25, -0.2) is 0 Å². The van der Waals surface area contributed by atoms with Gasteiger partial charge in [-0.15, -0.1) is 0 Å². The summed E-state index contributed by atoms with van der Waals surface area (Å²) in [7, 11) is 0. The number of carbonyl (C=O) groups excluding carboxylic acids is 3. The lowest BCUT2D eigenvalue weighted by atomic mass is 9.70. The van der Waals surface area contributed by atoms with Gasteiger partial charge in [-0.1, -0.05) is 90.6 Å². The minimum atomic E-state index is -0.0988. The van der Waals surface area contributed by atoms with Crippen molar-refractivity contribution >= 4 is 17.3 Å². The van der Waals surface area contributed by atoms with Crippen LogP contribution in [0.1, 0.15) is 144 Å². The van der Waals surface area contributed by atoms with Crippen molar-refractivity contribution in [2.24, 2.45) is 29.6 Å². The smallest absolute Gasteiger partial charge is 0.163 e. The highest BCUT2D eigenvalue weighted by molar-refractivity contribution is 6.02. The van der Waals surface area contributed by atoms with Crippen molar-refractivity contribution in [2.75, 3.05) is 0 Å². The van der Waals surface area contributed by atoms with E-state index in [-0.39, 0.29) is 41.5 Å². The quantitative estimate of drug-likeness (QED) is 0.220. The average molecular weight is 585 g/mol. The maximum Gasteiger partial charge on any atom is 0.163 e. The van der Waals surface area contributed by atoms with Crippen molar-refractivity contribution in [3.63, 3.8) is 0 Å². The molecule has 3 nitrogen and oxygen atoms in total. The molecule has 0 aliphatic heterocycles. The van der Waals surface area contributed by atoms with Crippen LogP contribution in [-0.4, -0.2) is 17.3 Å². The van der Waals surface area contributed by atoms with Gasteiger partial charge in [-0.2, -0.15) is 0 Å². The summed E-state index contributed by atoms with van der Waals surface area (Å²) in [4.78, 5) is 38.7. The zero-order valence-electron chi connectivity index (χ0n) is 28.1. The lowest BCUT2D eigenvalue weighted by molar-refractivity contribution is -0.129. The normalized spacial score (nSPS) is 21.9. The molecule has 3 unspecified atom stereocenters. The molecule has 1 fully saturated rings. The summed E-state index contributed by atoms with van der Waals surface area (Å²) in [5, 5.41) is 0. The van der Waals surface area contributed by atoms with E-state index in [4.69, 9.17) is 0 Å². The highest BCUT2D eigenvalue weighted by Crippen LogP contribution is 2.42. The Labute approximate surface area is 261 Å². The Morgan fingerprint density at radius 1 is 0.977 bits per heavy atom. The van der Waals surface area contributed by atoms with Crippen molar-refractivity contribution in [3.05, 3.63) is 58.1 Å². The molecule has 0 spiro atoms. The third kappa shape index (κ3) is 8.14. The number of Topliss-reactive ketones (excluding diaryl/α,β-unsaturated/α-hetero) is 3. The number of benzene rings is 2. The second-order valence-corrected chi connectivity index (χ2v) is 14.5. The van der Waals surface area contributed by atoms with Crippen LogP contribution in [0, 0.1) is 36.5 Å². The van der Waals surface area contributed by atoms with Gasteiger partial charge in [0, 0.05) is 17.9 Å². The topological polar surface area (TPSA) is 51.2 Å². The Morgan fingerprint density at radius 3 is 2.33 bits per heavy atom. The molecule has 234 valence electrons. The first-order chi connectivity index (χ1) is 20.5. The molecular formula is C40H56O3. The average Bonchev–Trinajstić information content (AvgIpc) is 2.94. The third-order valence-corrected chi connectivity index (χ3v) is 10.6. The van der Waals surface area contributed by atoms with Gasteiger partial charge in [-0.05, 0) is 115 Å². The standard InChI is InChI=1S/C40H56O3/c1-8-11-32(34(9-2)38(42)18-27(6)41)21-31-22-37-35(25(3)4)24-36(28(7)40(37)39(43)23-31)33-13-10-12-30(20-33)19-29-16-14-26(5)15-17-29/h10,12-13,20,24-26,29,31-32,34H,8-9,11,14-19,21-23H2,1-7H3. The monoisotopic (exact) mass is 584 g/mol. The van der Waals surface area contributed by atoms with E-state index >= 15 is 0 Å². The summed E-state index contributed by atoms with van der Waals surface area (Å²) in [5.74, 6) is 2.62. The molecule has 2 aliphatic rings. The zero-order valence-corrected chi connectivity index (χ0v) is 28.1. The predicted molar refractivity (Wildman–Crippen MR) is 179 cm³/mol. The predicted octanol–water partition coefficient (Wildman–Crippen LogP) is 10.3. The molecule has 0 aromatic heterocycles. The van der Waals surface area contributed by atoms with Crippen LogP contribution in [0.5, 0.6) is 0 Å². The third-order valence-electron chi connectivity index (χ3n) is 10.6. The summed E-state index contributed by atoms with van der Waals surface area (Å²) in [6, 6.07) is 11.5. The van der Waals surface area contributed by atoms with E-state index in [1.54, 1.807) is 0 Å². The lowest BCUT2D eigenvalue weighted by Crippen LogP contribution is -2.30. The second kappa shape index (κ2) is 15.0. The number of hydrogen-bond donors (Lipinski definition) is 0. The van der Waals surface area contributed by atoms with Crippen molar-refractivity contribution in [3.8, 4) is 11.1 Å². The minimum Gasteiger partial charge on any atom is -0.300 e. The summed E-state index contributed by atoms with van der Waals surface area (Å²) >= 11 is 0. The van der Waals surface area contributed by atoms with Gasteiger partial charge in [-0.3, -0.25) is 14.4 Å². The van der Waals surface area contributed by atoms with Gasteiger partial charge in [0.15, 0.2) is 5.78 Å². The fraction of sp³-hybridized carbons (Fsp3) is 0.625. The molecule has 2 aliphatic carbocycles. The Bertz CT molecular complexity index is 1290. The highest BCUT2D eigenvalue weighted by atomic mass is 16.1. The molecule has 0 amide bonds.